The summed E-state index contributed by atoms with van der Waals surface area (Å²) >= 11 is 0. The van der Waals surface area contributed by atoms with Crippen LogP contribution in [0.4, 0.5) is 0 Å². The summed E-state index contributed by atoms with van der Waals surface area (Å²) in [6.07, 6.45) is 3.18. The van der Waals surface area contributed by atoms with Gasteiger partial charge in [0.2, 0.25) is 5.91 Å². The molecule has 2 aliphatic heterocycles. The zero-order valence-electron chi connectivity index (χ0n) is 16.0. The number of fused-ring (bicyclic) bond motifs is 1. The highest BCUT2D eigenvalue weighted by Gasteiger charge is 2.45. The van der Waals surface area contributed by atoms with Gasteiger partial charge < -0.3 is 25.3 Å². The number of benzene rings is 1. The van der Waals surface area contributed by atoms with E-state index in [-0.39, 0.29) is 36.4 Å². The molecule has 6 nitrogen and oxygen atoms in total. The Balaban J connectivity index is 0.00000210. The van der Waals surface area contributed by atoms with Crippen molar-refractivity contribution in [2.75, 3.05) is 19.8 Å². The molecule has 0 spiro atoms. The fraction of sp³-hybridized carbons (Fsp3) is 0.650. The quantitative estimate of drug-likeness (QED) is 0.798. The Morgan fingerprint density at radius 3 is 2.81 bits per heavy atom. The number of hydrogen-bond donors (Lipinski definition) is 2. The van der Waals surface area contributed by atoms with Crippen molar-refractivity contribution >= 4 is 18.3 Å². The molecule has 27 heavy (non-hydrogen) atoms. The van der Waals surface area contributed by atoms with Crippen molar-refractivity contribution in [3.63, 3.8) is 0 Å². The fourth-order valence-corrected chi connectivity index (χ4v) is 4.00. The predicted molar refractivity (Wildman–Crippen MR) is 105 cm³/mol. The minimum absolute atomic E-state index is 0. The van der Waals surface area contributed by atoms with Gasteiger partial charge in [-0.05, 0) is 45.2 Å². The molecule has 0 bridgehead atoms. The summed E-state index contributed by atoms with van der Waals surface area (Å²) in [7, 11) is 0. The van der Waals surface area contributed by atoms with Crippen LogP contribution in [0.2, 0.25) is 0 Å². The Hall–Kier alpha value is -1.50. The fourth-order valence-electron chi connectivity index (χ4n) is 4.00. The van der Waals surface area contributed by atoms with Crippen LogP contribution in [0.5, 0.6) is 11.5 Å². The first-order valence-corrected chi connectivity index (χ1v) is 9.64. The SMILES string of the molecule is CCOc1cc2c(cc1C1CC1NC(=O)C1(N)CCOCC1)OC(C)C2.Cl. The van der Waals surface area contributed by atoms with Gasteiger partial charge in [-0.2, -0.15) is 0 Å². The Bertz CT molecular complexity index is 705. The van der Waals surface area contributed by atoms with Crippen LogP contribution in [0.1, 0.15) is 50.2 Å². The summed E-state index contributed by atoms with van der Waals surface area (Å²) in [5.74, 6) is 2.07. The maximum Gasteiger partial charge on any atom is 0.240 e. The van der Waals surface area contributed by atoms with Crippen LogP contribution in [0.25, 0.3) is 0 Å². The third-order valence-corrected chi connectivity index (χ3v) is 5.67. The summed E-state index contributed by atoms with van der Waals surface area (Å²) in [4.78, 5) is 12.6. The normalized spacial score (nSPS) is 27.7. The van der Waals surface area contributed by atoms with Crippen LogP contribution in [0.3, 0.4) is 0 Å². The molecular weight excluding hydrogens is 368 g/mol. The molecule has 1 aromatic rings. The maximum atomic E-state index is 12.6. The van der Waals surface area contributed by atoms with Crippen LogP contribution < -0.4 is 20.5 Å². The molecule has 1 saturated heterocycles. The molecule has 3 unspecified atom stereocenters. The lowest BCUT2D eigenvalue weighted by Gasteiger charge is -2.31. The number of nitrogens with two attached hydrogens (primary N) is 1. The predicted octanol–water partition coefficient (Wildman–Crippen LogP) is 2.31. The largest absolute Gasteiger partial charge is 0.494 e. The smallest absolute Gasteiger partial charge is 0.240 e. The molecule has 4 rings (SSSR count). The minimum atomic E-state index is -0.801. The van der Waals surface area contributed by atoms with Gasteiger partial charge >= 0.3 is 0 Å². The second-order valence-electron chi connectivity index (χ2n) is 7.75. The monoisotopic (exact) mass is 396 g/mol. The van der Waals surface area contributed by atoms with E-state index in [0.29, 0.717) is 32.7 Å². The van der Waals surface area contributed by atoms with Crippen LogP contribution in [-0.4, -0.2) is 43.4 Å². The molecule has 7 heteroatoms. The van der Waals surface area contributed by atoms with Crippen molar-refractivity contribution in [2.24, 2.45) is 5.73 Å². The van der Waals surface area contributed by atoms with Crippen molar-refractivity contribution in [2.45, 2.75) is 63.1 Å². The number of carbonyl (C=O) groups is 1. The van der Waals surface area contributed by atoms with E-state index in [1.807, 2.05) is 6.92 Å². The van der Waals surface area contributed by atoms with Crippen LogP contribution in [-0.2, 0) is 16.0 Å². The van der Waals surface area contributed by atoms with Gasteiger partial charge in [-0.15, -0.1) is 12.4 Å². The van der Waals surface area contributed by atoms with Gasteiger partial charge in [0.1, 0.15) is 17.6 Å². The van der Waals surface area contributed by atoms with Gasteiger partial charge in [-0.1, -0.05) is 0 Å². The first-order chi connectivity index (χ1) is 12.5. The first-order valence-electron chi connectivity index (χ1n) is 9.64. The molecule has 2 fully saturated rings. The second kappa shape index (κ2) is 7.86. The number of amides is 1. The highest BCUT2D eigenvalue weighted by molar-refractivity contribution is 5.87. The zero-order valence-corrected chi connectivity index (χ0v) is 16.8. The average molecular weight is 397 g/mol. The molecule has 1 amide bonds. The lowest BCUT2D eigenvalue weighted by atomic mass is 9.90. The summed E-state index contributed by atoms with van der Waals surface area (Å²) in [6, 6.07) is 4.33. The lowest BCUT2D eigenvalue weighted by Crippen LogP contribution is -2.57. The van der Waals surface area contributed by atoms with E-state index < -0.39 is 5.54 Å². The third-order valence-electron chi connectivity index (χ3n) is 5.67. The molecule has 1 aromatic carbocycles. The van der Waals surface area contributed by atoms with E-state index in [1.165, 1.54) is 5.56 Å². The standard InChI is InChI=1S/C20H28N2O4.ClH/c1-3-25-18-9-13-8-12(2)26-17(13)11-15(18)14-10-16(14)22-19(23)20(21)4-6-24-7-5-20;/h9,11-12,14,16H,3-8,10,21H2,1-2H3,(H,22,23);1H. The van der Waals surface area contributed by atoms with Crippen LogP contribution in [0, 0.1) is 0 Å². The van der Waals surface area contributed by atoms with Crippen LogP contribution in [0.15, 0.2) is 12.1 Å². The Labute approximate surface area is 166 Å². The van der Waals surface area contributed by atoms with Gasteiger partial charge in [-0.25, -0.2) is 0 Å². The summed E-state index contributed by atoms with van der Waals surface area (Å²) in [5, 5.41) is 3.14. The van der Waals surface area contributed by atoms with Crippen molar-refractivity contribution in [3.8, 4) is 11.5 Å². The first kappa shape index (κ1) is 20.2. The van der Waals surface area contributed by atoms with E-state index in [1.54, 1.807) is 0 Å². The molecule has 0 radical (unpaired) electrons. The van der Waals surface area contributed by atoms with Crippen molar-refractivity contribution in [3.05, 3.63) is 23.3 Å². The van der Waals surface area contributed by atoms with Gasteiger partial charge in [0, 0.05) is 42.7 Å². The summed E-state index contributed by atoms with van der Waals surface area (Å²) < 4.78 is 17.1. The second-order valence-corrected chi connectivity index (χ2v) is 7.75. The zero-order chi connectivity index (χ0) is 18.3. The summed E-state index contributed by atoms with van der Waals surface area (Å²) in [6.45, 7) is 5.79. The third kappa shape index (κ3) is 4.03. The number of halogens is 1. The number of ether oxygens (including phenoxy) is 3. The highest BCUT2D eigenvalue weighted by atomic mass is 35.5. The molecule has 150 valence electrons. The van der Waals surface area contributed by atoms with Crippen LogP contribution >= 0.6 is 12.4 Å². The number of hydrogen-bond acceptors (Lipinski definition) is 5. The van der Waals surface area contributed by atoms with E-state index >= 15 is 0 Å². The van der Waals surface area contributed by atoms with Crippen molar-refractivity contribution in [1.29, 1.82) is 0 Å². The average Bonchev–Trinajstić information content (AvgIpc) is 3.27. The highest BCUT2D eigenvalue weighted by Crippen LogP contribution is 2.48. The van der Waals surface area contributed by atoms with Gasteiger partial charge in [0.25, 0.3) is 0 Å². The van der Waals surface area contributed by atoms with Gasteiger partial charge in [0.05, 0.1) is 12.1 Å². The van der Waals surface area contributed by atoms with Crippen molar-refractivity contribution < 1.29 is 19.0 Å². The minimum Gasteiger partial charge on any atom is -0.494 e. The van der Waals surface area contributed by atoms with Gasteiger partial charge in [0.15, 0.2) is 0 Å². The van der Waals surface area contributed by atoms with E-state index in [2.05, 4.69) is 24.4 Å². The number of nitrogens with one attached hydrogen (secondary N) is 1. The Kier molecular flexibility index (Phi) is 5.89. The van der Waals surface area contributed by atoms with Gasteiger partial charge in [-0.3, -0.25) is 4.79 Å². The molecule has 1 aliphatic carbocycles. The molecule has 1 saturated carbocycles. The maximum absolute atomic E-state index is 12.6. The summed E-state index contributed by atoms with van der Waals surface area (Å²) in [5.41, 5.74) is 7.82. The number of rotatable bonds is 5. The van der Waals surface area contributed by atoms with E-state index in [0.717, 1.165) is 29.9 Å². The Morgan fingerprint density at radius 1 is 1.37 bits per heavy atom. The molecule has 0 aromatic heterocycles. The van der Waals surface area contributed by atoms with Crippen molar-refractivity contribution in [1.82, 2.24) is 5.32 Å². The topological polar surface area (TPSA) is 82.8 Å². The number of carbonyl (C=O) groups excluding carboxylic acids is 1. The van der Waals surface area contributed by atoms with E-state index in [4.69, 9.17) is 19.9 Å². The molecule has 2 heterocycles. The van der Waals surface area contributed by atoms with E-state index in [9.17, 15) is 4.79 Å². The Morgan fingerprint density at radius 2 is 2.11 bits per heavy atom. The molecule has 3 atom stereocenters. The molecular formula is C20H29ClN2O4. The molecule has 3 aliphatic rings. The lowest BCUT2D eigenvalue weighted by molar-refractivity contribution is -0.129. The molecule has 3 N–H and O–H groups in total.